The van der Waals surface area contributed by atoms with Gasteiger partial charge in [-0.25, -0.2) is 0 Å². The Hall–Kier alpha value is -2.25. The van der Waals surface area contributed by atoms with E-state index in [1.54, 1.807) is 30.5 Å². The quantitative estimate of drug-likeness (QED) is 0.568. The van der Waals surface area contributed by atoms with Gasteiger partial charge in [-0.05, 0) is 63.8 Å². The smallest absolute Gasteiger partial charge is 0.255 e. The summed E-state index contributed by atoms with van der Waals surface area (Å²) >= 11 is 12.5. The summed E-state index contributed by atoms with van der Waals surface area (Å²) in [5.74, 6) is 0.749. The molecule has 1 amide bonds. The fraction of sp³-hybridized carbons (Fsp3) is 0.522. The second-order valence-corrected chi connectivity index (χ2v) is 10.2. The third-order valence-corrected chi connectivity index (χ3v) is 6.31. The Morgan fingerprint density at radius 2 is 2.06 bits per heavy atom. The summed E-state index contributed by atoms with van der Waals surface area (Å²) < 4.78 is 11.0. The predicted octanol–water partition coefficient (Wildman–Crippen LogP) is 4.81. The number of nitrogens with one attached hydrogen (secondary N) is 1. The highest BCUT2D eigenvalue weighted by molar-refractivity contribution is 6.51. The van der Waals surface area contributed by atoms with Gasteiger partial charge in [-0.2, -0.15) is 0 Å². The molecule has 1 saturated carbocycles. The molecule has 0 bridgehead atoms. The van der Waals surface area contributed by atoms with E-state index >= 15 is 0 Å². The van der Waals surface area contributed by atoms with Gasteiger partial charge in [0.1, 0.15) is 6.61 Å². The number of nitrogens with zero attached hydrogens (tertiary/aromatic N) is 2. The van der Waals surface area contributed by atoms with Crippen LogP contribution in [0, 0.1) is 0 Å². The summed E-state index contributed by atoms with van der Waals surface area (Å²) in [6.07, 6.45) is 8.32. The molecular formula is C23H27Cl2N3O4. The number of carbonyl (C=O) groups excluding carboxylic acids is 1. The maximum absolute atomic E-state index is 12.9. The predicted molar refractivity (Wildman–Crippen MR) is 125 cm³/mol. The van der Waals surface area contributed by atoms with Crippen LogP contribution in [0.25, 0.3) is 0 Å². The Labute approximate surface area is 197 Å². The fourth-order valence-electron chi connectivity index (χ4n) is 3.98. The van der Waals surface area contributed by atoms with E-state index in [4.69, 9.17) is 37.5 Å². The summed E-state index contributed by atoms with van der Waals surface area (Å²) in [7, 11) is 0. The molecule has 0 radical (unpaired) electrons. The van der Waals surface area contributed by atoms with Crippen LogP contribution in [0.1, 0.15) is 56.3 Å². The van der Waals surface area contributed by atoms with Gasteiger partial charge in [0.15, 0.2) is 21.4 Å². The van der Waals surface area contributed by atoms with Crippen molar-refractivity contribution >= 4 is 41.0 Å². The molecule has 1 aromatic carbocycles. The molecule has 2 heterocycles. The Balaban J connectivity index is 1.52. The molecule has 1 N–H and O–H groups in total. The molecule has 1 unspecified atom stereocenters. The van der Waals surface area contributed by atoms with Crippen LogP contribution in [0.3, 0.4) is 0 Å². The lowest BCUT2D eigenvalue weighted by Gasteiger charge is -2.25. The monoisotopic (exact) mass is 479 g/mol. The minimum absolute atomic E-state index is 0.153. The molecule has 172 valence electrons. The topological polar surface area (TPSA) is 81.5 Å². The molecule has 4 rings (SSSR count). The van der Waals surface area contributed by atoms with Gasteiger partial charge in [-0.3, -0.25) is 9.79 Å². The first-order valence-corrected chi connectivity index (χ1v) is 11.5. The number of hydrogen-bond donors (Lipinski definition) is 1. The summed E-state index contributed by atoms with van der Waals surface area (Å²) in [6.45, 7) is 4.31. The van der Waals surface area contributed by atoms with Crippen molar-refractivity contribution in [3.63, 3.8) is 0 Å². The van der Waals surface area contributed by atoms with Gasteiger partial charge in [-0.1, -0.05) is 28.4 Å². The van der Waals surface area contributed by atoms with Gasteiger partial charge in [0.25, 0.3) is 5.91 Å². The Morgan fingerprint density at radius 1 is 1.28 bits per heavy atom. The Kier molecular flexibility index (Phi) is 6.67. The van der Waals surface area contributed by atoms with Crippen LogP contribution >= 0.6 is 23.2 Å². The summed E-state index contributed by atoms with van der Waals surface area (Å²) in [4.78, 5) is 22.5. The van der Waals surface area contributed by atoms with E-state index in [0.717, 1.165) is 31.4 Å². The highest BCUT2D eigenvalue weighted by Crippen LogP contribution is 2.35. The number of rotatable bonds is 7. The van der Waals surface area contributed by atoms with Gasteiger partial charge in [-0.15, -0.1) is 0 Å². The average Bonchev–Trinajstić information content (AvgIpc) is 3.38. The molecule has 7 nitrogen and oxygen atoms in total. The minimum Gasteiger partial charge on any atom is -0.487 e. The van der Waals surface area contributed by atoms with Crippen LogP contribution in [-0.2, 0) is 4.84 Å². The van der Waals surface area contributed by atoms with Crippen LogP contribution in [0.4, 0.5) is 0 Å². The largest absolute Gasteiger partial charge is 0.487 e. The van der Waals surface area contributed by atoms with Crippen LogP contribution in [-0.4, -0.2) is 47.0 Å². The average molecular weight is 480 g/mol. The number of allylic oxidation sites excluding steroid dienone is 1. The zero-order chi connectivity index (χ0) is 22.8. The molecule has 1 aliphatic carbocycles. The van der Waals surface area contributed by atoms with Gasteiger partial charge in [0, 0.05) is 18.2 Å². The number of hydrogen-bond acceptors (Lipinski definition) is 6. The van der Waals surface area contributed by atoms with Crippen LogP contribution < -0.4 is 14.8 Å². The van der Waals surface area contributed by atoms with Crippen molar-refractivity contribution in [2.24, 2.45) is 10.1 Å². The molecule has 9 heteroatoms. The molecule has 0 spiro atoms. The van der Waals surface area contributed by atoms with Crippen molar-refractivity contribution in [1.29, 1.82) is 0 Å². The van der Waals surface area contributed by atoms with E-state index in [1.165, 1.54) is 0 Å². The summed E-state index contributed by atoms with van der Waals surface area (Å²) in [6, 6.07) is 5.15. The standard InChI is InChI=1S/C23H27Cl2N3O4/c1-15-12-22(2,32-28-15)14-30-19-11-16(7-8-18(19)31-17-5-3-4-6-17)21(29)27-20-9-10-26-13-23(20,24)25/h7-11,17H,3-6,12-14H2,1-2H3,(H,27,29). The highest BCUT2D eigenvalue weighted by Gasteiger charge is 2.35. The summed E-state index contributed by atoms with van der Waals surface area (Å²) in [5.41, 5.74) is 1.14. The SMILES string of the molecule is CC1=NOC(C)(COc2cc(C(=O)NC3=CC=NCC3(Cl)Cl)ccc2OC2CCCC2)C1. The Bertz CT molecular complexity index is 970. The van der Waals surface area contributed by atoms with Crippen molar-refractivity contribution in [3.8, 4) is 11.5 Å². The molecule has 0 saturated heterocycles. The normalized spacial score (nSPS) is 24.5. The zero-order valence-electron chi connectivity index (χ0n) is 18.2. The maximum atomic E-state index is 12.9. The first-order chi connectivity index (χ1) is 15.2. The van der Waals surface area contributed by atoms with E-state index in [2.05, 4.69) is 15.5 Å². The van der Waals surface area contributed by atoms with E-state index in [1.807, 2.05) is 13.8 Å². The number of carbonyl (C=O) groups is 1. The molecule has 1 atom stereocenters. The van der Waals surface area contributed by atoms with Crippen LogP contribution in [0.15, 0.2) is 40.1 Å². The highest BCUT2D eigenvalue weighted by atomic mass is 35.5. The van der Waals surface area contributed by atoms with Crippen molar-refractivity contribution < 1.29 is 19.1 Å². The molecule has 32 heavy (non-hydrogen) atoms. The van der Waals surface area contributed by atoms with Crippen LogP contribution in [0.5, 0.6) is 11.5 Å². The molecule has 0 aromatic heterocycles. The zero-order valence-corrected chi connectivity index (χ0v) is 19.7. The van der Waals surface area contributed by atoms with Crippen LogP contribution in [0.2, 0.25) is 0 Å². The molecular weight excluding hydrogens is 453 g/mol. The third kappa shape index (κ3) is 5.38. The van der Waals surface area contributed by atoms with E-state index in [-0.39, 0.29) is 25.2 Å². The fourth-order valence-corrected chi connectivity index (χ4v) is 4.33. The minimum atomic E-state index is -1.28. The molecule has 1 fully saturated rings. The second kappa shape index (κ2) is 9.32. The number of benzene rings is 1. The van der Waals surface area contributed by atoms with Gasteiger partial charge in [0.05, 0.1) is 24.1 Å². The number of halogens is 2. The number of dihydropyridines is 1. The van der Waals surface area contributed by atoms with Crippen molar-refractivity contribution in [2.75, 3.05) is 13.2 Å². The molecule has 1 aromatic rings. The lowest BCUT2D eigenvalue weighted by molar-refractivity contribution is -0.0363. The number of oxime groups is 1. The number of alkyl halides is 2. The van der Waals surface area contributed by atoms with Crippen molar-refractivity contribution in [2.45, 2.75) is 62.0 Å². The van der Waals surface area contributed by atoms with E-state index in [9.17, 15) is 4.79 Å². The maximum Gasteiger partial charge on any atom is 0.255 e. The Morgan fingerprint density at radius 3 is 2.75 bits per heavy atom. The van der Waals surface area contributed by atoms with E-state index < -0.39 is 9.93 Å². The number of ether oxygens (including phenoxy) is 2. The summed E-state index contributed by atoms with van der Waals surface area (Å²) in [5, 5.41) is 6.81. The van der Waals surface area contributed by atoms with Crippen molar-refractivity contribution in [1.82, 2.24) is 5.32 Å². The molecule has 2 aliphatic heterocycles. The van der Waals surface area contributed by atoms with E-state index in [0.29, 0.717) is 29.2 Å². The number of aliphatic imine (C=N–C) groups is 1. The van der Waals surface area contributed by atoms with Gasteiger partial charge in [0.2, 0.25) is 0 Å². The van der Waals surface area contributed by atoms with Crippen molar-refractivity contribution in [3.05, 3.63) is 35.5 Å². The molecule has 3 aliphatic rings. The number of amides is 1. The van der Waals surface area contributed by atoms with Gasteiger partial charge < -0.3 is 19.6 Å². The lowest BCUT2D eigenvalue weighted by atomic mass is 10.0. The second-order valence-electron chi connectivity index (χ2n) is 8.75. The lowest BCUT2D eigenvalue weighted by Crippen LogP contribution is -2.36. The first-order valence-electron chi connectivity index (χ1n) is 10.8. The third-order valence-electron chi connectivity index (χ3n) is 5.67. The first kappa shape index (κ1) is 22.9. The van der Waals surface area contributed by atoms with Gasteiger partial charge >= 0.3 is 0 Å².